The molecule has 1 aliphatic rings. The molecule has 0 radical (unpaired) electrons. The van der Waals surface area contributed by atoms with Gasteiger partial charge in [-0.25, -0.2) is 4.79 Å². The first kappa shape index (κ1) is 19.7. The number of furan rings is 1. The Morgan fingerprint density at radius 2 is 1.90 bits per heavy atom. The second-order valence-corrected chi connectivity index (χ2v) is 7.82. The van der Waals surface area contributed by atoms with E-state index < -0.39 is 5.63 Å². The van der Waals surface area contributed by atoms with Gasteiger partial charge in [-0.3, -0.25) is 4.79 Å². The molecule has 7 nitrogen and oxygen atoms in total. The van der Waals surface area contributed by atoms with E-state index in [1.165, 1.54) is 4.90 Å². The van der Waals surface area contributed by atoms with Crippen LogP contribution in [0.2, 0.25) is 0 Å². The van der Waals surface area contributed by atoms with Gasteiger partial charge >= 0.3 is 5.63 Å². The lowest BCUT2D eigenvalue weighted by Crippen LogP contribution is -3.14. The third kappa shape index (κ3) is 3.80. The molecule has 154 valence electrons. The number of ether oxygens (including phenoxy) is 1. The maximum Gasteiger partial charge on any atom is 0.340 e. The predicted molar refractivity (Wildman–Crippen MR) is 110 cm³/mol. The normalized spacial score (nSPS) is 15.3. The highest BCUT2D eigenvalue weighted by molar-refractivity contribution is 6.07. The van der Waals surface area contributed by atoms with E-state index in [4.69, 9.17) is 13.6 Å². The van der Waals surface area contributed by atoms with Gasteiger partial charge in [0.1, 0.15) is 24.3 Å². The van der Waals surface area contributed by atoms with E-state index in [0.717, 1.165) is 60.3 Å². The summed E-state index contributed by atoms with van der Waals surface area (Å²) in [5.41, 5.74) is 3.89. The number of benzene rings is 1. The molecule has 1 fully saturated rings. The molecule has 0 aliphatic carbocycles. The Kier molecular flexibility index (Phi) is 5.43. The van der Waals surface area contributed by atoms with Crippen LogP contribution in [-0.2, 0) is 16.0 Å². The van der Waals surface area contributed by atoms with E-state index in [1.807, 2.05) is 26.8 Å². The van der Waals surface area contributed by atoms with Gasteiger partial charge < -0.3 is 23.8 Å². The third-order valence-corrected chi connectivity index (χ3v) is 5.81. The second-order valence-electron chi connectivity index (χ2n) is 7.82. The van der Waals surface area contributed by atoms with Crippen molar-refractivity contribution < 1.29 is 23.3 Å². The molecule has 3 aromatic rings. The number of morpholine rings is 1. The Bertz CT molecular complexity index is 1120. The van der Waals surface area contributed by atoms with Gasteiger partial charge in [-0.2, -0.15) is 0 Å². The van der Waals surface area contributed by atoms with E-state index in [0.29, 0.717) is 23.3 Å². The highest BCUT2D eigenvalue weighted by Crippen LogP contribution is 2.34. The number of hydrogen-bond acceptors (Lipinski definition) is 5. The minimum atomic E-state index is -0.467. The van der Waals surface area contributed by atoms with E-state index in [2.05, 4.69) is 5.32 Å². The van der Waals surface area contributed by atoms with Crippen LogP contribution in [-0.4, -0.2) is 45.3 Å². The number of aryl methyl sites for hydroxylation is 3. The Morgan fingerprint density at radius 3 is 2.66 bits per heavy atom. The van der Waals surface area contributed by atoms with Crippen LogP contribution in [0, 0.1) is 20.8 Å². The second kappa shape index (κ2) is 8.00. The molecule has 3 heterocycles. The van der Waals surface area contributed by atoms with Crippen LogP contribution >= 0.6 is 0 Å². The molecule has 0 spiro atoms. The Morgan fingerprint density at radius 1 is 1.14 bits per heavy atom. The topological polar surface area (TPSA) is 86.1 Å². The van der Waals surface area contributed by atoms with Crippen LogP contribution in [0.4, 0.5) is 0 Å². The van der Waals surface area contributed by atoms with Crippen molar-refractivity contribution in [2.45, 2.75) is 27.2 Å². The molecule has 4 rings (SSSR count). The SMILES string of the molecule is Cc1coc2c1c(C)cc1oc(=O)c(CC(=O)NCC[NH+]3CCOCC3)c(C)c12. The fourth-order valence-corrected chi connectivity index (χ4v) is 4.19. The lowest BCUT2D eigenvalue weighted by Gasteiger charge is -2.23. The summed E-state index contributed by atoms with van der Waals surface area (Å²) in [6.45, 7) is 10.7. The van der Waals surface area contributed by atoms with Gasteiger partial charge in [-0.15, -0.1) is 0 Å². The zero-order chi connectivity index (χ0) is 20.5. The van der Waals surface area contributed by atoms with Gasteiger partial charge in [-0.1, -0.05) is 0 Å². The zero-order valence-corrected chi connectivity index (χ0v) is 17.1. The van der Waals surface area contributed by atoms with E-state index in [1.54, 1.807) is 6.26 Å². The molecule has 2 N–H and O–H groups in total. The Hall–Kier alpha value is -2.64. The van der Waals surface area contributed by atoms with Gasteiger partial charge in [0.15, 0.2) is 0 Å². The summed E-state index contributed by atoms with van der Waals surface area (Å²) in [4.78, 5) is 26.5. The number of amides is 1. The minimum Gasteiger partial charge on any atom is -0.463 e. The fraction of sp³-hybridized carbons (Fsp3) is 0.455. The van der Waals surface area contributed by atoms with Crippen molar-refractivity contribution in [3.05, 3.63) is 45.0 Å². The number of rotatable bonds is 5. The van der Waals surface area contributed by atoms with Crippen molar-refractivity contribution in [1.29, 1.82) is 0 Å². The number of carbonyl (C=O) groups excluding carboxylic acids is 1. The average Bonchev–Trinajstić information content (AvgIpc) is 3.08. The van der Waals surface area contributed by atoms with Gasteiger partial charge in [0.2, 0.25) is 5.91 Å². The quantitative estimate of drug-likeness (QED) is 0.626. The average molecular weight is 399 g/mol. The van der Waals surface area contributed by atoms with Crippen LogP contribution in [0.3, 0.4) is 0 Å². The highest BCUT2D eigenvalue weighted by atomic mass is 16.5. The smallest absolute Gasteiger partial charge is 0.340 e. The molecule has 0 saturated carbocycles. The molecular weight excluding hydrogens is 372 g/mol. The van der Waals surface area contributed by atoms with E-state index in [-0.39, 0.29) is 12.3 Å². The van der Waals surface area contributed by atoms with Gasteiger partial charge in [0, 0.05) is 5.39 Å². The molecule has 7 heteroatoms. The molecule has 1 saturated heterocycles. The Labute approximate surface area is 168 Å². The van der Waals surface area contributed by atoms with Crippen LogP contribution < -0.4 is 15.8 Å². The maximum absolute atomic E-state index is 12.6. The number of hydrogen-bond donors (Lipinski definition) is 2. The highest BCUT2D eigenvalue weighted by Gasteiger charge is 2.20. The first-order chi connectivity index (χ1) is 14.0. The predicted octanol–water partition coefficient (Wildman–Crippen LogP) is 1.04. The summed E-state index contributed by atoms with van der Waals surface area (Å²) in [6.07, 6.45) is 1.71. The molecular formula is C22H27N2O5+. The van der Waals surface area contributed by atoms with Crippen molar-refractivity contribution in [3.63, 3.8) is 0 Å². The summed E-state index contributed by atoms with van der Waals surface area (Å²) in [5, 5.41) is 4.72. The van der Waals surface area contributed by atoms with Crippen molar-refractivity contribution >= 4 is 27.8 Å². The van der Waals surface area contributed by atoms with Crippen molar-refractivity contribution in [2.75, 3.05) is 39.4 Å². The minimum absolute atomic E-state index is 0.00237. The van der Waals surface area contributed by atoms with Gasteiger partial charge in [0.25, 0.3) is 0 Å². The van der Waals surface area contributed by atoms with Gasteiger partial charge in [-0.05, 0) is 43.5 Å². The summed E-state index contributed by atoms with van der Waals surface area (Å²) in [6, 6.07) is 1.86. The number of carbonyl (C=O) groups is 1. The van der Waals surface area contributed by atoms with E-state index in [9.17, 15) is 9.59 Å². The fourth-order valence-electron chi connectivity index (χ4n) is 4.19. The molecule has 0 bridgehead atoms. The van der Waals surface area contributed by atoms with Crippen molar-refractivity contribution in [1.82, 2.24) is 5.32 Å². The number of quaternary nitrogens is 1. The van der Waals surface area contributed by atoms with Crippen LogP contribution in [0.25, 0.3) is 21.9 Å². The van der Waals surface area contributed by atoms with E-state index >= 15 is 0 Å². The molecule has 1 aliphatic heterocycles. The molecule has 0 atom stereocenters. The van der Waals surface area contributed by atoms with Crippen molar-refractivity contribution in [3.8, 4) is 0 Å². The lowest BCUT2D eigenvalue weighted by molar-refractivity contribution is -0.906. The maximum atomic E-state index is 12.6. The van der Waals surface area contributed by atoms with Crippen LogP contribution in [0.1, 0.15) is 22.3 Å². The monoisotopic (exact) mass is 399 g/mol. The molecule has 2 aromatic heterocycles. The summed E-state index contributed by atoms with van der Waals surface area (Å²) in [5.74, 6) is -0.175. The molecule has 1 amide bonds. The summed E-state index contributed by atoms with van der Waals surface area (Å²) in [7, 11) is 0. The largest absolute Gasteiger partial charge is 0.463 e. The first-order valence-electron chi connectivity index (χ1n) is 10.1. The number of nitrogens with one attached hydrogen (secondary N) is 2. The third-order valence-electron chi connectivity index (χ3n) is 5.81. The summed E-state index contributed by atoms with van der Waals surface area (Å²) >= 11 is 0. The first-order valence-corrected chi connectivity index (χ1v) is 10.1. The lowest BCUT2D eigenvalue weighted by atomic mass is 9.99. The standard InChI is InChI=1S/C22H26N2O5/c1-13-10-17-20(21-19(13)14(2)12-28-21)15(3)16(22(26)29-17)11-18(25)23-4-5-24-6-8-27-9-7-24/h10,12H,4-9,11H2,1-3H3,(H,23,25)/p+1. The molecule has 0 unspecified atom stereocenters. The van der Waals surface area contributed by atoms with Crippen molar-refractivity contribution in [2.24, 2.45) is 0 Å². The summed E-state index contributed by atoms with van der Waals surface area (Å²) < 4.78 is 16.7. The zero-order valence-electron chi connectivity index (χ0n) is 17.1. The molecule has 1 aromatic carbocycles. The van der Waals surface area contributed by atoms with Crippen LogP contribution in [0.15, 0.2) is 26.0 Å². The van der Waals surface area contributed by atoms with Crippen LogP contribution in [0.5, 0.6) is 0 Å². The Balaban J connectivity index is 1.57. The van der Waals surface area contributed by atoms with Gasteiger partial charge in [0.05, 0.1) is 49.9 Å². The molecule has 29 heavy (non-hydrogen) atoms. The number of fused-ring (bicyclic) bond motifs is 3.